The Balaban J connectivity index is 2.57. The normalized spacial score (nSPS) is 21.2. The summed E-state index contributed by atoms with van der Waals surface area (Å²) in [7, 11) is 1.47. The van der Waals surface area contributed by atoms with E-state index in [0.717, 1.165) is 12.2 Å². The van der Waals surface area contributed by atoms with Gasteiger partial charge in [0.2, 0.25) is 0 Å². The lowest BCUT2D eigenvalue weighted by Crippen LogP contribution is -2.52. The van der Waals surface area contributed by atoms with Gasteiger partial charge in [0, 0.05) is 11.3 Å². The third-order valence-electron chi connectivity index (χ3n) is 2.88. The fourth-order valence-corrected chi connectivity index (χ4v) is 3.04. The lowest BCUT2D eigenvalue weighted by molar-refractivity contribution is -0.148. The Morgan fingerprint density at radius 2 is 2.25 bits per heavy atom. The van der Waals surface area contributed by atoms with E-state index in [1.165, 1.54) is 20.0 Å². The Bertz CT molecular complexity index is 243. The predicted molar refractivity (Wildman–Crippen MR) is 68.8 cm³/mol. The minimum Gasteiger partial charge on any atom is -0.468 e. The van der Waals surface area contributed by atoms with Gasteiger partial charge in [0.15, 0.2) is 0 Å². The van der Waals surface area contributed by atoms with Crippen molar-refractivity contribution >= 4 is 17.7 Å². The SMILES string of the molecule is CCSC(C)CC(C)(NC1CC1)C(=O)OC. The number of ether oxygens (including phenoxy) is 1. The second-order valence-electron chi connectivity index (χ2n) is 4.71. The minimum absolute atomic E-state index is 0.136. The van der Waals surface area contributed by atoms with E-state index in [0.29, 0.717) is 11.3 Å². The van der Waals surface area contributed by atoms with Crippen LogP contribution in [0.1, 0.15) is 40.0 Å². The monoisotopic (exact) mass is 245 g/mol. The molecule has 1 saturated carbocycles. The average Bonchev–Trinajstić information content (AvgIpc) is 3.00. The molecule has 1 fully saturated rings. The summed E-state index contributed by atoms with van der Waals surface area (Å²) >= 11 is 1.89. The Morgan fingerprint density at radius 1 is 1.62 bits per heavy atom. The molecule has 1 aliphatic carbocycles. The number of hydrogen-bond donors (Lipinski definition) is 1. The van der Waals surface area contributed by atoms with Crippen LogP contribution < -0.4 is 5.32 Å². The molecule has 0 amide bonds. The molecule has 0 heterocycles. The van der Waals surface area contributed by atoms with Crippen LogP contribution in [0.2, 0.25) is 0 Å². The molecule has 0 bridgehead atoms. The molecule has 0 spiro atoms. The largest absolute Gasteiger partial charge is 0.468 e. The van der Waals surface area contributed by atoms with Gasteiger partial charge in [-0.25, -0.2) is 0 Å². The molecule has 94 valence electrons. The predicted octanol–water partition coefficient (Wildman–Crippen LogP) is 2.20. The summed E-state index contributed by atoms with van der Waals surface area (Å²) in [5.41, 5.74) is -0.516. The summed E-state index contributed by atoms with van der Waals surface area (Å²) < 4.78 is 4.91. The van der Waals surface area contributed by atoms with Crippen molar-refractivity contribution in [2.75, 3.05) is 12.9 Å². The number of hydrogen-bond acceptors (Lipinski definition) is 4. The van der Waals surface area contributed by atoms with Crippen LogP contribution in [-0.2, 0) is 9.53 Å². The number of esters is 1. The molecule has 16 heavy (non-hydrogen) atoms. The maximum Gasteiger partial charge on any atom is 0.325 e. The van der Waals surface area contributed by atoms with E-state index in [1.807, 2.05) is 18.7 Å². The lowest BCUT2D eigenvalue weighted by atomic mass is 9.96. The molecule has 0 saturated heterocycles. The van der Waals surface area contributed by atoms with Gasteiger partial charge >= 0.3 is 5.97 Å². The Labute approximate surface area is 103 Å². The molecule has 0 radical (unpaired) electrons. The zero-order valence-corrected chi connectivity index (χ0v) is 11.5. The second-order valence-corrected chi connectivity index (χ2v) is 6.43. The zero-order valence-electron chi connectivity index (χ0n) is 10.7. The number of carbonyl (C=O) groups is 1. The van der Waals surface area contributed by atoms with Crippen LogP contribution in [0.4, 0.5) is 0 Å². The molecule has 2 atom stereocenters. The minimum atomic E-state index is -0.516. The summed E-state index contributed by atoms with van der Waals surface area (Å²) in [5.74, 6) is 0.949. The molecule has 0 aliphatic heterocycles. The molecular weight excluding hydrogens is 222 g/mol. The van der Waals surface area contributed by atoms with Gasteiger partial charge in [-0.15, -0.1) is 0 Å². The van der Waals surface area contributed by atoms with E-state index in [2.05, 4.69) is 19.2 Å². The highest BCUT2D eigenvalue weighted by Crippen LogP contribution is 2.28. The molecule has 2 unspecified atom stereocenters. The van der Waals surface area contributed by atoms with Crippen molar-refractivity contribution in [3.63, 3.8) is 0 Å². The van der Waals surface area contributed by atoms with Crippen LogP contribution in [-0.4, -0.2) is 35.7 Å². The summed E-state index contributed by atoms with van der Waals surface area (Å²) in [4.78, 5) is 11.8. The zero-order chi connectivity index (χ0) is 12.2. The highest BCUT2D eigenvalue weighted by molar-refractivity contribution is 7.99. The van der Waals surface area contributed by atoms with Gasteiger partial charge < -0.3 is 4.74 Å². The van der Waals surface area contributed by atoms with Crippen molar-refractivity contribution in [1.29, 1.82) is 0 Å². The maximum absolute atomic E-state index is 11.8. The maximum atomic E-state index is 11.8. The van der Waals surface area contributed by atoms with E-state index < -0.39 is 5.54 Å². The van der Waals surface area contributed by atoms with Gasteiger partial charge in [-0.1, -0.05) is 13.8 Å². The van der Waals surface area contributed by atoms with Gasteiger partial charge in [0.25, 0.3) is 0 Å². The van der Waals surface area contributed by atoms with E-state index in [4.69, 9.17) is 4.74 Å². The molecule has 1 N–H and O–H groups in total. The van der Waals surface area contributed by atoms with Gasteiger partial charge in [-0.3, -0.25) is 10.1 Å². The Morgan fingerprint density at radius 3 is 2.69 bits per heavy atom. The van der Waals surface area contributed by atoms with Crippen molar-refractivity contribution < 1.29 is 9.53 Å². The molecule has 0 aromatic rings. The van der Waals surface area contributed by atoms with E-state index in [1.54, 1.807) is 0 Å². The molecule has 0 aromatic carbocycles. The first-order valence-corrected chi connectivity index (χ1v) is 7.04. The third-order valence-corrected chi connectivity index (χ3v) is 3.95. The third kappa shape index (κ3) is 3.98. The van der Waals surface area contributed by atoms with Crippen LogP contribution in [0.25, 0.3) is 0 Å². The van der Waals surface area contributed by atoms with Crippen LogP contribution in [0, 0.1) is 0 Å². The molecule has 4 heteroatoms. The summed E-state index contributed by atoms with van der Waals surface area (Å²) in [6.45, 7) is 6.28. The van der Waals surface area contributed by atoms with Crippen molar-refractivity contribution in [3.8, 4) is 0 Å². The highest BCUT2D eigenvalue weighted by Gasteiger charge is 2.40. The van der Waals surface area contributed by atoms with Crippen molar-refractivity contribution in [1.82, 2.24) is 5.32 Å². The quantitative estimate of drug-likeness (QED) is 0.698. The van der Waals surface area contributed by atoms with Gasteiger partial charge in [0.05, 0.1) is 7.11 Å². The first-order valence-electron chi connectivity index (χ1n) is 5.99. The van der Waals surface area contributed by atoms with Gasteiger partial charge in [-0.05, 0) is 31.9 Å². The first-order chi connectivity index (χ1) is 7.51. The van der Waals surface area contributed by atoms with Crippen molar-refractivity contribution in [2.45, 2.75) is 56.9 Å². The van der Waals surface area contributed by atoms with Gasteiger partial charge in [-0.2, -0.15) is 11.8 Å². The standard InChI is InChI=1S/C12H23NO2S/c1-5-16-9(2)8-12(3,11(14)15-4)13-10-6-7-10/h9-10,13H,5-8H2,1-4H3. The lowest BCUT2D eigenvalue weighted by Gasteiger charge is -2.30. The van der Waals surface area contributed by atoms with Crippen LogP contribution in [0.5, 0.6) is 0 Å². The summed E-state index contributed by atoms with van der Waals surface area (Å²) in [6, 6.07) is 0.517. The second kappa shape index (κ2) is 5.92. The average molecular weight is 245 g/mol. The molecule has 0 aromatic heterocycles. The fraction of sp³-hybridized carbons (Fsp3) is 0.917. The van der Waals surface area contributed by atoms with E-state index in [-0.39, 0.29) is 5.97 Å². The van der Waals surface area contributed by atoms with Gasteiger partial charge in [0.1, 0.15) is 5.54 Å². The molecule has 1 rings (SSSR count). The number of thioether (sulfide) groups is 1. The number of nitrogens with one attached hydrogen (secondary N) is 1. The van der Waals surface area contributed by atoms with E-state index >= 15 is 0 Å². The van der Waals surface area contributed by atoms with Crippen LogP contribution in [0.3, 0.4) is 0 Å². The van der Waals surface area contributed by atoms with Crippen molar-refractivity contribution in [3.05, 3.63) is 0 Å². The number of methoxy groups -OCH3 is 1. The molecular formula is C12H23NO2S. The summed E-state index contributed by atoms with van der Waals surface area (Å²) in [5, 5.41) is 3.89. The Kier molecular flexibility index (Phi) is 5.12. The number of carbonyl (C=O) groups excluding carboxylic acids is 1. The molecule has 1 aliphatic rings. The van der Waals surface area contributed by atoms with Crippen LogP contribution >= 0.6 is 11.8 Å². The summed E-state index contributed by atoms with van der Waals surface area (Å²) in [6.07, 6.45) is 3.19. The number of rotatable bonds is 7. The van der Waals surface area contributed by atoms with Crippen molar-refractivity contribution in [2.24, 2.45) is 0 Å². The highest BCUT2D eigenvalue weighted by atomic mass is 32.2. The van der Waals surface area contributed by atoms with E-state index in [9.17, 15) is 4.79 Å². The molecule has 3 nitrogen and oxygen atoms in total. The van der Waals surface area contributed by atoms with Crippen LogP contribution in [0.15, 0.2) is 0 Å². The smallest absolute Gasteiger partial charge is 0.325 e. The Hall–Kier alpha value is -0.220. The fourth-order valence-electron chi connectivity index (χ4n) is 2.02. The topological polar surface area (TPSA) is 38.3 Å². The first kappa shape index (κ1) is 13.8.